The third-order valence-electron chi connectivity index (χ3n) is 7.34. The second-order valence-corrected chi connectivity index (χ2v) is 9.76. The summed E-state index contributed by atoms with van der Waals surface area (Å²) < 4.78 is 0. The van der Waals surface area contributed by atoms with Crippen LogP contribution in [0.4, 0.5) is 5.69 Å². The molecule has 1 aromatic carbocycles. The van der Waals surface area contributed by atoms with Crippen molar-refractivity contribution in [1.29, 1.82) is 0 Å². The number of allylic oxidation sites excluding steroid dienone is 2. The summed E-state index contributed by atoms with van der Waals surface area (Å²) in [5.74, 6) is 0.276. The van der Waals surface area contributed by atoms with Gasteiger partial charge in [0.1, 0.15) is 0 Å². The first-order valence-electron chi connectivity index (χ1n) is 12.0. The largest absolute Gasteiger partial charge is 0.338 e. The number of benzene rings is 1. The Labute approximate surface area is 187 Å². The Morgan fingerprint density at radius 3 is 2.48 bits per heavy atom. The van der Waals surface area contributed by atoms with E-state index >= 15 is 0 Å². The van der Waals surface area contributed by atoms with Gasteiger partial charge in [0.2, 0.25) is 0 Å². The van der Waals surface area contributed by atoms with Crippen molar-refractivity contribution < 1.29 is 0 Å². The molecule has 3 nitrogen and oxygen atoms in total. The van der Waals surface area contributed by atoms with E-state index in [1.54, 1.807) is 0 Å². The van der Waals surface area contributed by atoms with Gasteiger partial charge in [0.05, 0.1) is 23.3 Å². The average Bonchev–Trinajstić information content (AvgIpc) is 3.34. The van der Waals surface area contributed by atoms with E-state index in [1.807, 2.05) is 0 Å². The zero-order valence-corrected chi connectivity index (χ0v) is 19.4. The Morgan fingerprint density at radius 2 is 1.74 bits per heavy atom. The molecule has 2 unspecified atom stereocenters. The fourth-order valence-corrected chi connectivity index (χ4v) is 6.17. The zero-order chi connectivity index (χ0) is 21.5. The highest BCUT2D eigenvalue weighted by molar-refractivity contribution is 5.71. The molecule has 0 saturated heterocycles. The molecule has 31 heavy (non-hydrogen) atoms. The lowest BCUT2D eigenvalue weighted by Gasteiger charge is -2.29. The third-order valence-corrected chi connectivity index (χ3v) is 7.34. The van der Waals surface area contributed by atoms with Crippen molar-refractivity contribution in [3.8, 4) is 0 Å². The normalized spacial score (nSPS) is 22.3. The standard InChI is InChI=1S/C28H35N3/c1-18-15-19(2)25(20(3)16-18)26-24-11-7-8-14-31(24)28-22(17-21(4)30-27(26)28)12-13-29-23-9-5-6-10-23/h7-8,11,14-17,23-24,26,29H,5-6,9-10,12-13H2,1-4H3. The Kier molecular flexibility index (Phi) is 5.47. The topological polar surface area (TPSA) is 28.2 Å². The maximum absolute atomic E-state index is 5.16. The molecule has 5 rings (SSSR count). The number of rotatable bonds is 5. The first-order chi connectivity index (χ1) is 15.0. The fourth-order valence-electron chi connectivity index (χ4n) is 6.17. The summed E-state index contributed by atoms with van der Waals surface area (Å²) in [6, 6.07) is 7.99. The summed E-state index contributed by atoms with van der Waals surface area (Å²) in [5, 5.41) is 3.81. The Balaban J connectivity index is 1.55. The predicted octanol–water partition coefficient (Wildman–Crippen LogP) is 5.79. The lowest BCUT2D eigenvalue weighted by molar-refractivity contribution is 0.527. The van der Waals surface area contributed by atoms with Crippen molar-refractivity contribution in [2.24, 2.45) is 0 Å². The molecule has 162 valence electrons. The van der Waals surface area contributed by atoms with Crippen LogP contribution in [0.3, 0.4) is 0 Å². The van der Waals surface area contributed by atoms with Crippen molar-refractivity contribution >= 4 is 5.69 Å². The molecule has 0 spiro atoms. The van der Waals surface area contributed by atoms with Crippen molar-refractivity contribution in [3.05, 3.63) is 81.8 Å². The van der Waals surface area contributed by atoms with Crippen LogP contribution >= 0.6 is 0 Å². The molecule has 1 fully saturated rings. The van der Waals surface area contributed by atoms with Gasteiger partial charge in [0, 0.05) is 17.9 Å². The van der Waals surface area contributed by atoms with E-state index in [0.717, 1.165) is 18.7 Å². The molecule has 2 aromatic rings. The minimum absolute atomic E-state index is 0.276. The first-order valence-corrected chi connectivity index (χ1v) is 12.0. The van der Waals surface area contributed by atoms with Crippen LogP contribution in [0, 0.1) is 27.7 Å². The first kappa shape index (κ1) is 20.5. The van der Waals surface area contributed by atoms with Gasteiger partial charge >= 0.3 is 0 Å². The van der Waals surface area contributed by atoms with Crippen LogP contribution in [0.25, 0.3) is 0 Å². The maximum atomic E-state index is 5.16. The van der Waals surface area contributed by atoms with Crippen LogP contribution in [0.2, 0.25) is 0 Å². The maximum Gasteiger partial charge on any atom is 0.0745 e. The molecule has 3 heterocycles. The van der Waals surface area contributed by atoms with Crippen LogP contribution in [-0.2, 0) is 6.42 Å². The Hall–Kier alpha value is -2.39. The molecule has 3 aliphatic rings. The molecule has 3 heteroatoms. The van der Waals surface area contributed by atoms with Gasteiger partial charge in [-0.2, -0.15) is 0 Å². The van der Waals surface area contributed by atoms with E-state index in [2.05, 4.69) is 80.5 Å². The lowest BCUT2D eigenvalue weighted by atomic mass is 9.83. The van der Waals surface area contributed by atoms with E-state index in [-0.39, 0.29) is 5.92 Å². The van der Waals surface area contributed by atoms with Gasteiger partial charge in [0.25, 0.3) is 0 Å². The molecule has 2 atom stereocenters. The zero-order valence-electron chi connectivity index (χ0n) is 19.4. The minimum atomic E-state index is 0.276. The van der Waals surface area contributed by atoms with Gasteiger partial charge in [-0.3, -0.25) is 4.98 Å². The van der Waals surface area contributed by atoms with E-state index in [0.29, 0.717) is 12.1 Å². The monoisotopic (exact) mass is 413 g/mol. The number of nitrogens with one attached hydrogen (secondary N) is 1. The molecule has 0 bridgehead atoms. The number of aryl methyl sites for hydroxylation is 4. The highest BCUT2D eigenvalue weighted by Crippen LogP contribution is 2.48. The van der Waals surface area contributed by atoms with Gasteiger partial charge in [-0.25, -0.2) is 0 Å². The molecular weight excluding hydrogens is 378 g/mol. The second kappa shape index (κ2) is 8.27. The Morgan fingerprint density at radius 1 is 1.00 bits per heavy atom. The summed E-state index contributed by atoms with van der Waals surface area (Å²) in [6.45, 7) is 9.93. The quantitative estimate of drug-likeness (QED) is 0.672. The summed E-state index contributed by atoms with van der Waals surface area (Å²) in [7, 11) is 0. The summed E-state index contributed by atoms with van der Waals surface area (Å²) in [5.41, 5.74) is 10.7. The van der Waals surface area contributed by atoms with Gasteiger partial charge < -0.3 is 10.2 Å². The highest BCUT2D eigenvalue weighted by Gasteiger charge is 2.41. The number of hydrogen-bond acceptors (Lipinski definition) is 3. The predicted molar refractivity (Wildman–Crippen MR) is 130 cm³/mol. The van der Waals surface area contributed by atoms with E-state index < -0.39 is 0 Å². The van der Waals surface area contributed by atoms with E-state index in [1.165, 1.54) is 64.9 Å². The molecule has 1 aliphatic carbocycles. The molecular formula is C28H35N3. The lowest BCUT2D eigenvalue weighted by Crippen LogP contribution is -2.31. The second-order valence-electron chi connectivity index (χ2n) is 9.76. The number of pyridine rings is 1. The third kappa shape index (κ3) is 3.74. The number of nitrogens with zero attached hydrogens (tertiary/aromatic N) is 2. The van der Waals surface area contributed by atoms with Crippen LogP contribution in [0.15, 0.2) is 42.6 Å². The molecule has 1 saturated carbocycles. The van der Waals surface area contributed by atoms with E-state index in [9.17, 15) is 0 Å². The van der Waals surface area contributed by atoms with Crippen molar-refractivity contribution in [3.63, 3.8) is 0 Å². The Bertz CT molecular complexity index is 1020. The van der Waals surface area contributed by atoms with Crippen molar-refractivity contribution in [2.75, 3.05) is 11.4 Å². The summed E-state index contributed by atoms with van der Waals surface area (Å²) in [4.78, 5) is 7.64. The smallest absolute Gasteiger partial charge is 0.0745 e. The van der Waals surface area contributed by atoms with Crippen LogP contribution in [0.5, 0.6) is 0 Å². The number of hydrogen-bond donors (Lipinski definition) is 1. The highest BCUT2D eigenvalue weighted by atomic mass is 15.2. The molecule has 0 radical (unpaired) electrons. The number of aromatic nitrogens is 1. The van der Waals surface area contributed by atoms with Crippen molar-refractivity contribution in [2.45, 2.75) is 77.8 Å². The minimum Gasteiger partial charge on any atom is -0.338 e. The van der Waals surface area contributed by atoms with Crippen molar-refractivity contribution in [1.82, 2.24) is 10.3 Å². The van der Waals surface area contributed by atoms with E-state index in [4.69, 9.17) is 4.98 Å². The van der Waals surface area contributed by atoms with Gasteiger partial charge in [-0.05, 0) is 87.9 Å². The number of fused-ring (bicyclic) bond motifs is 3. The molecule has 2 aliphatic heterocycles. The number of anilines is 1. The fraction of sp³-hybridized carbons (Fsp3) is 0.464. The van der Waals surface area contributed by atoms with Crippen LogP contribution < -0.4 is 10.2 Å². The van der Waals surface area contributed by atoms with Crippen LogP contribution in [0.1, 0.15) is 70.8 Å². The molecule has 1 N–H and O–H groups in total. The van der Waals surface area contributed by atoms with Gasteiger partial charge in [-0.15, -0.1) is 0 Å². The SMILES string of the molecule is Cc1cc(C)c(C2c3nc(C)cc(CCNC4CCCC4)c3N3C=CC=CC23)c(C)c1. The average molecular weight is 414 g/mol. The summed E-state index contributed by atoms with van der Waals surface area (Å²) >= 11 is 0. The molecule has 0 amide bonds. The van der Waals surface area contributed by atoms with Gasteiger partial charge in [-0.1, -0.05) is 42.7 Å². The molecule has 1 aromatic heterocycles. The van der Waals surface area contributed by atoms with Crippen LogP contribution in [-0.4, -0.2) is 23.6 Å². The summed E-state index contributed by atoms with van der Waals surface area (Å²) in [6.07, 6.45) is 15.5. The van der Waals surface area contributed by atoms with Gasteiger partial charge in [0.15, 0.2) is 0 Å².